The van der Waals surface area contributed by atoms with E-state index in [9.17, 15) is 19.5 Å². The molecule has 0 aromatic rings. The minimum atomic E-state index is -0.884. The highest BCUT2D eigenvalue weighted by Gasteiger charge is 2.31. The van der Waals surface area contributed by atoms with Crippen LogP contribution in [0.1, 0.15) is 168 Å². The lowest BCUT2D eigenvalue weighted by Crippen LogP contribution is -2.50. The van der Waals surface area contributed by atoms with Crippen molar-refractivity contribution in [1.29, 1.82) is 0 Å². The third-order valence-electron chi connectivity index (χ3n) is 9.88. The molecule has 336 valence electrons. The van der Waals surface area contributed by atoms with Gasteiger partial charge in [-0.05, 0) is 64.2 Å². The molecule has 0 saturated heterocycles. The molecule has 0 saturated carbocycles. The molecular weight excluding hydrogens is 739 g/mol. The van der Waals surface area contributed by atoms with Gasteiger partial charge < -0.3 is 23.8 Å². The number of quaternary nitrogens is 1. The average Bonchev–Trinajstić information content (AvgIpc) is 3.19. The van der Waals surface area contributed by atoms with E-state index in [2.05, 4.69) is 62.5 Å². The highest BCUT2D eigenvalue weighted by atomic mass is 16.6. The maximum Gasteiger partial charge on any atom is 0.362 e. The number of likely N-dealkylation sites (N-methyl/N-ethyl adjacent to an activating group) is 1. The van der Waals surface area contributed by atoms with Gasteiger partial charge in [-0.15, -0.1) is 0 Å². The molecule has 0 fully saturated rings. The number of allylic oxidation sites excluding steroid dienone is 14. The topological polar surface area (TPSA) is 99.1 Å². The van der Waals surface area contributed by atoms with Crippen molar-refractivity contribution < 1.29 is 38.2 Å². The molecule has 0 aliphatic carbocycles. The third kappa shape index (κ3) is 39.7. The Morgan fingerprint density at radius 3 is 1.53 bits per heavy atom. The molecule has 2 unspecified atom stereocenters. The fraction of sp³-hybridized carbons (Fsp3) is 0.667. The normalized spacial score (nSPS) is 13.7. The number of carbonyl (C=O) groups is 3. The molecular formula is C51H86NO7+. The van der Waals surface area contributed by atoms with Gasteiger partial charge in [0.1, 0.15) is 6.61 Å². The minimum absolute atomic E-state index is 0.0429. The molecule has 0 heterocycles. The average molecular weight is 825 g/mol. The molecule has 0 radical (unpaired) electrons. The maximum atomic E-state index is 12.7. The molecule has 8 heteroatoms. The van der Waals surface area contributed by atoms with E-state index in [0.717, 1.165) is 77.0 Å². The smallest absolute Gasteiger partial charge is 0.362 e. The summed E-state index contributed by atoms with van der Waals surface area (Å²) in [6.07, 6.45) is 53.3. The Kier molecular flexibility index (Phi) is 38.8. The Balaban J connectivity index is 4.41. The first kappa shape index (κ1) is 55.5. The van der Waals surface area contributed by atoms with E-state index >= 15 is 0 Å². The summed E-state index contributed by atoms with van der Waals surface area (Å²) in [6.45, 7) is 4.57. The van der Waals surface area contributed by atoms with Crippen molar-refractivity contribution in [3.63, 3.8) is 0 Å². The Hall–Kier alpha value is -3.49. The lowest BCUT2D eigenvalue weighted by atomic mass is 10.1. The van der Waals surface area contributed by atoms with Crippen LogP contribution >= 0.6 is 0 Å². The number of carboxylic acids is 1. The van der Waals surface area contributed by atoms with Crippen LogP contribution in [0.5, 0.6) is 0 Å². The lowest BCUT2D eigenvalue weighted by molar-refractivity contribution is -0.887. The fourth-order valence-corrected chi connectivity index (χ4v) is 6.27. The number of rotatable bonds is 40. The van der Waals surface area contributed by atoms with E-state index in [1.807, 2.05) is 57.6 Å². The van der Waals surface area contributed by atoms with Crippen molar-refractivity contribution in [1.82, 2.24) is 0 Å². The van der Waals surface area contributed by atoms with Gasteiger partial charge in [-0.1, -0.05) is 170 Å². The summed E-state index contributed by atoms with van der Waals surface area (Å²) in [5.74, 6) is -1.52. The van der Waals surface area contributed by atoms with Gasteiger partial charge in [0.15, 0.2) is 12.1 Å². The molecule has 0 aliphatic rings. The predicted octanol–water partition coefficient (Wildman–Crippen LogP) is 12.9. The van der Waals surface area contributed by atoms with Crippen LogP contribution in [0, 0.1) is 0 Å². The summed E-state index contributed by atoms with van der Waals surface area (Å²) in [4.78, 5) is 37.1. The fourth-order valence-electron chi connectivity index (χ4n) is 6.27. The van der Waals surface area contributed by atoms with Gasteiger partial charge in [0, 0.05) is 19.3 Å². The van der Waals surface area contributed by atoms with Crippen molar-refractivity contribution in [3.8, 4) is 0 Å². The second-order valence-electron chi connectivity index (χ2n) is 16.4. The van der Waals surface area contributed by atoms with Crippen molar-refractivity contribution in [3.05, 3.63) is 85.1 Å². The molecule has 0 spiro atoms. The number of carbonyl (C=O) groups excluding carboxylic acids is 2. The van der Waals surface area contributed by atoms with Crippen LogP contribution in [0.15, 0.2) is 85.1 Å². The monoisotopic (exact) mass is 825 g/mol. The van der Waals surface area contributed by atoms with Gasteiger partial charge in [-0.3, -0.25) is 9.59 Å². The van der Waals surface area contributed by atoms with E-state index in [-0.39, 0.29) is 36.2 Å². The summed E-state index contributed by atoms with van der Waals surface area (Å²) < 4.78 is 17.3. The molecule has 0 bridgehead atoms. The standard InChI is InChI=1S/C51H85NO7/c1-6-8-10-12-14-16-18-20-22-24-26-28-30-32-34-36-38-40-42-50(54)59-47(45-57-44-43-48(51(55)56)52(3,4)5)46-58-49(53)41-39-37-35-33-31-29-27-25-23-21-19-17-15-13-11-9-7-2/h10,12,14-18,20-24,26,28,47-48H,6-9,11,13,19,25,27,29-46H2,1-5H3/p+1/b12-10+,16-14+,17-15+,20-18+,23-21+,24-22+,28-26+. The Morgan fingerprint density at radius 1 is 0.525 bits per heavy atom. The number of esters is 2. The predicted molar refractivity (Wildman–Crippen MR) is 247 cm³/mol. The summed E-state index contributed by atoms with van der Waals surface area (Å²) in [5, 5.41) is 9.63. The highest BCUT2D eigenvalue weighted by Crippen LogP contribution is 2.13. The maximum absolute atomic E-state index is 12.7. The molecule has 0 rings (SSSR count). The van der Waals surface area contributed by atoms with Gasteiger partial charge in [0.05, 0.1) is 34.4 Å². The number of carboxylic acid groups (broad SMARTS) is 1. The number of ether oxygens (including phenoxy) is 3. The zero-order valence-corrected chi connectivity index (χ0v) is 38.2. The molecule has 0 aliphatic heterocycles. The first-order valence-corrected chi connectivity index (χ1v) is 23.2. The van der Waals surface area contributed by atoms with E-state index in [1.54, 1.807) is 0 Å². The van der Waals surface area contributed by atoms with Gasteiger partial charge in [0.25, 0.3) is 0 Å². The first-order valence-electron chi connectivity index (χ1n) is 23.2. The van der Waals surface area contributed by atoms with Gasteiger partial charge in [0.2, 0.25) is 0 Å². The Bertz CT molecular complexity index is 1240. The van der Waals surface area contributed by atoms with E-state index in [1.165, 1.54) is 57.8 Å². The van der Waals surface area contributed by atoms with Crippen molar-refractivity contribution in [2.45, 2.75) is 180 Å². The number of hydrogen-bond acceptors (Lipinski definition) is 6. The third-order valence-corrected chi connectivity index (χ3v) is 9.88. The van der Waals surface area contributed by atoms with Crippen LogP contribution in [0.25, 0.3) is 0 Å². The zero-order valence-electron chi connectivity index (χ0n) is 38.2. The van der Waals surface area contributed by atoms with E-state index in [0.29, 0.717) is 19.3 Å². The van der Waals surface area contributed by atoms with E-state index in [4.69, 9.17) is 14.2 Å². The van der Waals surface area contributed by atoms with Crippen LogP contribution < -0.4 is 0 Å². The van der Waals surface area contributed by atoms with Crippen LogP contribution in [0.3, 0.4) is 0 Å². The van der Waals surface area contributed by atoms with Crippen molar-refractivity contribution >= 4 is 17.9 Å². The van der Waals surface area contributed by atoms with Crippen LogP contribution in [-0.2, 0) is 28.6 Å². The zero-order chi connectivity index (χ0) is 43.5. The number of unbranched alkanes of at least 4 members (excludes halogenated alkanes) is 16. The lowest BCUT2D eigenvalue weighted by Gasteiger charge is -2.31. The molecule has 59 heavy (non-hydrogen) atoms. The second kappa shape index (κ2) is 41.3. The first-order chi connectivity index (χ1) is 28.6. The second-order valence-corrected chi connectivity index (χ2v) is 16.4. The van der Waals surface area contributed by atoms with Crippen LogP contribution in [-0.4, -0.2) is 80.6 Å². The summed E-state index contributed by atoms with van der Waals surface area (Å²) >= 11 is 0. The molecule has 0 aromatic carbocycles. The van der Waals surface area contributed by atoms with Crippen molar-refractivity contribution in [2.75, 3.05) is 41.0 Å². The minimum Gasteiger partial charge on any atom is -0.477 e. The Morgan fingerprint density at radius 2 is 1.00 bits per heavy atom. The van der Waals surface area contributed by atoms with E-state index < -0.39 is 18.1 Å². The van der Waals surface area contributed by atoms with Crippen LogP contribution in [0.4, 0.5) is 0 Å². The van der Waals surface area contributed by atoms with Crippen LogP contribution in [0.2, 0.25) is 0 Å². The SMILES string of the molecule is CCC/C=C/C=C/C=C/C=C/C=C/CCCCCCCC(=O)OC(COCCC(C(=O)O)[N+](C)(C)C)COC(=O)CCCCCCCCC/C=C/C/C=C/CCCCC. The largest absolute Gasteiger partial charge is 0.477 e. The summed E-state index contributed by atoms with van der Waals surface area (Å²) in [7, 11) is 5.51. The number of nitrogens with zero attached hydrogens (tertiary/aromatic N) is 1. The van der Waals surface area contributed by atoms with Gasteiger partial charge in [-0.25, -0.2) is 4.79 Å². The molecule has 8 nitrogen and oxygen atoms in total. The summed E-state index contributed by atoms with van der Waals surface area (Å²) in [6, 6.07) is -0.626. The quantitative estimate of drug-likeness (QED) is 0.0216. The number of hydrogen-bond donors (Lipinski definition) is 1. The molecule has 0 amide bonds. The molecule has 0 aromatic heterocycles. The van der Waals surface area contributed by atoms with Gasteiger partial charge in [-0.2, -0.15) is 0 Å². The summed E-state index contributed by atoms with van der Waals surface area (Å²) in [5.41, 5.74) is 0. The van der Waals surface area contributed by atoms with Crippen molar-refractivity contribution in [2.24, 2.45) is 0 Å². The molecule has 1 N–H and O–H groups in total. The van der Waals surface area contributed by atoms with Gasteiger partial charge >= 0.3 is 17.9 Å². The molecule has 2 atom stereocenters. The Labute approximate surface area is 361 Å². The highest BCUT2D eigenvalue weighted by molar-refractivity contribution is 5.72. The number of aliphatic carboxylic acids is 1.